The number of likely N-dealkylation sites (N-methyl/N-ethyl adjacent to an activating group) is 1. The number of fused-ring (bicyclic) bond motifs is 2. The summed E-state index contributed by atoms with van der Waals surface area (Å²) in [5.41, 5.74) is 0.131. The smallest absolute Gasteiger partial charge is 0.317 e. The van der Waals surface area contributed by atoms with Crippen LogP contribution in [0.1, 0.15) is 46.4 Å². The number of ketones is 1. The molecule has 1 saturated heterocycles. The number of Topliss-reactive ketones (excluding diaryl/α,β-unsaturated/α-hetero) is 1. The topological polar surface area (TPSA) is 55.8 Å². The van der Waals surface area contributed by atoms with Gasteiger partial charge in [-0.3, -0.25) is 14.5 Å². The molecule has 0 N–H and O–H groups in total. The molecule has 3 spiro atoms. The fraction of sp³-hybridized carbons (Fsp3) is 0.500. The summed E-state index contributed by atoms with van der Waals surface area (Å²) in [6.07, 6.45) is 3.63. The lowest BCUT2D eigenvalue weighted by molar-refractivity contribution is -0.214. The molecule has 0 radical (unpaired) electrons. The third kappa shape index (κ3) is 1.17. The van der Waals surface area contributed by atoms with Gasteiger partial charge in [-0.05, 0) is 31.7 Å². The van der Waals surface area contributed by atoms with Crippen LogP contribution in [0.25, 0.3) is 0 Å². The SMILES string of the molecule is CN1C(=O)c2ccccc2C(=O)C12OC1(CC1)C1(CC1)O2. The van der Waals surface area contributed by atoms with Gasteiger partial charge < -0.3 is 9.47 Å². The molecule has 2 aliphatic carbocycles. The van der Waals surface area contributed by atoms with E-state index >= 15 is 0 Å². The minimum Gasteiger partial charge on any atom is -0.317 e. The highest BCUT2D eigenvalue weighted by Crippen LogP contribution is 2.69. The molecule has 0 aromatic heterocycles. The average molecular weight is 285 g/mol. The summed E-state index contributed by atoms with van der Waals surface area (Å²) in [5, 5.41) is 0. The van der Waals surface area contributed by atoms with Gasteiger partial charge in [0.15, 0.2) is 0 Å². The molecule has 1 amide bonds. The summed E-state index contributed by atoms with van der Waals surface area (Å²) in [5.74, 6) is -2.03. The highest BCUT2D eigenvalue weighted by atomic mass is 16.8. The van der Waals surface area contributed by atoms with Gasteiger partial charge in [0.05, 0.1) is 5.56 Å². The Morgan fingerprint density at radius 3 is 2.00 bits per heavy atom. The van der Waals surface area contributed by atoms with Gasteiger partial charge in [-0.1, -0.05) is 18.2 Å². The second-order valence-electron chi connectivity index (χ2n) is 6.51. The van der Waals surface area contributed by atoms with Gasteiger partial charge >= 0.3 is 5.91 Å². The van der Waals surface area contributed by atoms with Crippen LogP contribution in [0.4, 0.5) is 0 Å². The van der Waals surface area contributed by atoms with Crippen LogP contribution in [-0.2, 0) is 9.47 Å². The van der Waals surface area contributed by atoms with E-state index < -0.39 is 5.91 Å². The maximum atomic E-state index is 13.0. The van der Waals surface area contributed by atoms with Crippen molar-refractivity contribution in [3.63, 3.8) is 0 Å². The van der Waals surface area contributed by atoms with Gasteiger partial charge in [0.25, 0.3) is 5.91 Å². The van der Waals surface area contributed by atoms with Crippen molar-refractivity contribution in [2.45, 2.75) is 42.8 Å². The number of hydrogen-bond acceptors (Lipinski definition) is 4. The van der Waals surface area contributed by atoms with Gasteiger partial charge in [0.1, 0.15) is 11.2 Å². The zero-order valence-corrected chi connectivity index (χ0v) is 11.7. The Kier molecular flexibility index (Phi) is 1.81. The van der Waals surface area contributed by atoms with Crippen molar-refractivity contribution < 1.29 is 19.1 Å². The van der Waals surface area contributed by atoms with E-state index in [1.165, 1.54) is 4.90 Å². The molecule has 108 valence electrons. The van der Waals surface area contributed by atoms with E-state index in [1.54, 1.807) is 31.3 Å². The van der Waals surface area contributed by atoms with E-state index in [1.807, 2.05) is 0 Å². The normalized spacial score (nSPS) is 29.3. The van der Waals surface area contributed by atoms with Crippen LogP contribution in [0.15, 0.2) is 24.3 Å². The number of benzene rings is 1. The van der Waals surface area contributed by atoms with Crippen molar-refractivity contribution in [2.24, 2.45) is 0 Å². The number of rotatable bonds is 0. The van der Waals surface area contributed by atoms with Gasteiger partial charge in [-0.2, -0.15) is 0 Å². The lowest BCUT2D eigenvalue weighted by atomic mass is 9.95. The fourth-order valence-corrected chi connectivity index (χ4v) is 3.81. The second kappa shape index (κ2) is 3.20. The van der Waals surface area contributed by atoms with Crippen LogP contribution in [-0.4, -0.2) is 40.8 Å². The number of amides is 1. The first-order valence-electron chi connectivity index (χ1n) is 7.36. The fourth-order valence-electron chi connectivity index (χ4n) is 3.81. The van der Waals surface area contributed by atoms with E-state index in [0.29, 0.717) is 11.1 Å². The second-order valence-corrected chi connectivity index (χ2v) is 6.51. The highest BCUT2D eigenvalue weighted by Gasteiger charge is 2.80. The lowest BCUT2D eigenvalue weighted by Gasteiger charge is -2.39. The predicted molar refractivity (Wildman–Crippen MR) is 71.7 cm³/mol. The van der Waals surface area contributed by atoms with Crippen LogP contribution in [0.2, 0.25) is 0 Å². The van der Waals surface area contributed by atoms with Gasteiger partial charge in [0.2, 0.25) is 5.78 Å². The van der Waals surface area contributed by atoms with Crippen molar-refractivity contribution in [1.82, 2.24) is 4.90 Å². The summed E-state index contributed by atoms with van der Waals surface area (Å²) < 4.78 is 12.3. The monoisotopic (exact) mass is 285 g/mol. The predicted octanol–water partition coefficient (Wildman–Crippen LogP) is 1.72. The van der Waals surface area contributed by atoms with Crippen molar-refractivity contribution in [3.05, 3.63) is 35.4 Å². The third-order valence-electron chi connectivity index (χ3n) is 5.34. The molecule has 0 atom stereocenters. The molecule has 5 nitrogen and oxygen atoms in total. The van der Waals surface area contributed by atoms with Gasteiger partial charge in [-0.25, -0.2) is 0 Å². The summed E-state index contributed by atoms with van der Waals surface area (Å²) in [6, 6.07) is 6.87. The third-order valence-corrected chi connectivity index (χ3v) is 5.34. The molecular formula is C16H15NO4. The van der Waals surface area contributed by atoms with Crippen LogP contribution in [0.3, 0.4) is 0 Å². The Hall–Kier alpha value is -1.72. The largest absolute Gasteiger partial charge is 0.323 e. The first-order chi connectivity index (χ1) is 10.0. The van der Waals surface area contributed by atoms with Crippen molar-refractivity contribution >= 4 is 11.7 Å². The first kappa shape index (κ1) is 11.9. The molecule has 3 fully saturated rings. The molecule has 5 rings (SSSR count). The van der Waals surface area contributed by atoms with Gasteiger partial charge in [-0.15, -0.1) is 0 Å². The lowest BCUT2D eigenvalue weighted by Crippen LogP contribution is -2.60. The molecule has 21 heavy (non-hydrogen) atoms. The summed E-state index contributed by atoms with van der Waals surface area (Å²) in [4.78, 5) is 26.9. The Morgan fingerprint density at radius 2 is 1.48 bits per heavy atom. The number of nitrogens with zero attached hydrogens (tertiary/aromatic N) is 1. The van der Waals surface area contributed by atoms with Crippen molar-refractivity contribution in [2.75, 3.05) is 7.05 Å². The van der Waals surface area contributed by atoms with Crippen LogP contribution < -0.4 is 0 Å². The molecule has 0 unspecified atom stereocenters. The van der Waals surface area contributed by atoms with E-state index in [0.717, 1.165) is 25.7 Å². The van der Waals surface area contributed by atoms with E-state index in [4.69, 9.17) is 9.47 Å². The van der Waals surface area contributed by atoms with Crippen molar-refractivity contribution in [3.8, 4) is 0 Å². The van der Waals surface area contributed by atoms with Crippen LogP contribution in [0.5, 0.6) is 0 Å². The number of carbonyl (C=O) groups is 2. The molecule has 5 heteroatoms. The number of carbonyl (C=O) groups excluding carboxylic acids is 2. The van der Waals surface area contributed by atoms with E-state index in [-0.39, 0.29) is 22.9 Å². The zero-order chi connectivity index (χ0) is 14.5. The Balaban J connectivity index is 1.69. The minimum absolute atomic E-state index is 0.223. The maximum absolute atomic E-state index is 13.0. The average Bonchev–Trinajstić information content (AvgIpc) is 3.37. The molecule has 1 aromatic carbocycles. The minimum atomic E-state index is -1.56. The molecular weight excluding hydrogens is 270 g/mol. The molecule has 0 bridgehead atoms. The quantitative estimate of drug-likeness (QED) is 0.728. The Morgan fingerprint density at radius 1 is 0.952 bits per heavy atom. The summed E-state index contributed by atoms with van der Waals surface area (Å²) in [7, 11) is 1.59. The zero-order valence-electron chi connectivity index (χ0n) is 11.7. The van der Waals surface area contributed by atoms with Crippen molar-refractivity contribution in [1.29, 1.82) is 0 Å². The molecule has 2 heterocycles. The standard InChI is InChI=1S/C16H15NO4/c1-17-13(19)11-5-3-2-4-10(11)12(18)16(17)20-14(6-7-14)15(21-16)8-9-15/h2-5H,6-9H2,1H3. The highest BCUT2D eigenvalue weighted by molar-refractivity contribution is 6.16. The maximum Gasteiger partial charge on any atom is 0.323 e. The molecule has 4 aliphatic rings. The van der Waals surface area contributed by atoms with Crippen LogP contribution >= 0.6 is 0 Å². The van der Waals surface area contributed by atoms with E-state index in [9.17, 15) is 9.59 Å². The number of ether oxygens (including phenoxy) is 2. The summed E-state index contributed by atoms with van der Waals surface area (Å²) in [6.45, 7) is 0. The molecule has 2 saturated carbocycles. The Labute approximate surface area is 121 Å². The number of hydrogen-bond donors (Lipinski definition) is 0. The first-order valence-corrected chi connectivity index (χ1v) is 7.36. The van der Waals surface area contributed by atoms with Gasteiger partial charge in [0, 0.05) is 12.6 Å². The molecule has 2 aliphatic heterocycles. The molecule has 1 aromatic rings. The Bertz CT molecular complexity index is 682. The summed E-state index contributed by atoms with van der Waals surface area (Å²) >= 11 is 0. The van der Waals surface area contributed by atoms with Crippen LogP contribution in [0, 0.1) is 0 Å². The van der Waals surface area contributed by atoms with E-state index in [2.05, 4.69) is 0 Å².